The van der Waals surface area contributed by atoms with Crippen molar-refractivity contribution in [1.82, 2.24) is 15.0 Å². The van der Waals surface area contributed by atoms with Crippen LogP contribution in [0.1, 0.15) is 35.9 Å². The number of nitrogens with zero attached hydrogens (tertiary/aromatic N) is 2. The predicted octanol–water partition coefficient (Wildman–Crippen LogP) is 1.89. The van der Waals surface area contributed by atoms with E-state index in [-0.39, 0.29) is 0 Å². The Balaban J connectivity index is 2.59. The van der Waals surface area contributed by atoms with E-state index in [1.54, 1.807) is 6.07 Å². The lowest BCUT2D eigenvalue weighted by Gasteiger charge is -1.95. The molecular formula is C10H11N3O. The summed E-state index contributed by atoms with van der Waals surface area (Å²) in [7, 11) is 0. The number of fused-ring (bicyclic) bond motifs is 1. The van der Waals surface area contributed by atoms with Crippen LogP contribution in [0.4, 0.5) is 0 Å². The van der Waals surface area contributed by atoms with Gasteiger partial charge in [0, 0.05) is 17.7 Å². The van der Waals surface area contributed by atoms with Crippen LogP contribution in [0.25, 0.3) is 11.2 Å². The molecule has 14 heavy (non-hydrogen) atoms. The summed E-state index contributed by atoms with van der Waals surface area (Å²) in [6, 6.07) is 1.76. The largest absolute Gasteiger partial charge is 0.340 e. The molecule has 72 valence electrons. The first kappa shape index (κ1) is 8.87. The molecule has 2 aromatic rings. The predicted molar refractivity (Wildman–Crippen MR) is 53.4 cm³/mol. The van der Waals surface area contributed by atoms with Crippen molar-refractivity contribution in [3.8, 4) is 0 Å². The van der Waals surface area contributed by atoms with Gasteiger partial charge in [0.25, 0.3) is 0 Å². The van der Waals surface area contributed by atoms with E-state index >= 15 is 0 Å². The number of imidazole rings is 1. The molecule has 2 aromatic heterocycles. The summed E-state index contributed by atoms with van der Waals surface area (Å²) in [5.41, 5.74) is 2.05. The van der Waals surface area contributed by atoms with Crippen molar-refractivity contribution >= 4 is 17.5 Å². The number of carbonyl (C=O) groups is 1. The van der Waals surface area contributed by atoms with E-state index in [2.05, 4.69) is 28.8 Å². The fourth-order valence-corrected chi connectivity index (χ4v) is 1.27. The second kappa shape index (κ2) is 3.21. The summed E-state index contributed by atoms with van der Waals surface area (Å²) in [6.45, 7) is 4.11. The number of hydrogen-bond donors (Lipinski definition) is 1. The van der Waals surface area contributed by atoms with Crippen LogP contribution in [0.2, 0.25) is 0 Å². The second-order valence-electron chi connectivity index (χ2n) is 3.53. The molecule has 0 aliphatic heterocycles. The zero-order chi connectivity index (χ0) is 10.1. The molecule has 0 aliphatic carbocycles. The van der Waals surface area contributed by atoms with Crippen LogP contribution in [-0.2, 0) is 0 Å². The number of carbonyl (C=O) groups excluding carboxylic acids is 1. The van der Waals surface area contributed by atoms with Crippen molar-refractivity contribution in [3.63, 3.8) is 0 Å². The molecule has 0 spiro atoms. The number of aromatic nitrogens is 3. The van der Waals surface area contributed by atoms with Crippen LogP contribution >= 0.6 is 0 Å². The molecule has 2 rings (SSSR count). The molecule has 0 unspecified atom stereocenters. The first-order valence-electron chi connectivity index (χ1n) is 4.51. The molecule has 0 aromatic carbocycles. The Morgan fingerprint density at radius 1 is 1.50 bits per heavy atom. The Bertz CT molecular complexity index is 473. The van der Waals surface area contributed by atoms with Gasteiger partial charge in [0.1, 0.15) is 5.82 Å². The zero-order valence-electron chi connectivity index (χ0n) is 8.11. The molecule has 1 N–H and O–H groups in total. The normalized spacial score (nSPS) is 11.1. The summed E-state index contributed by atoms with van der Waals surface area (Å²) in [4.78, 5) is 22.0. The minimum atomic E-state index is 0.337. The monoisotopic (exact) mass is 189 g/mol. The third-order valence-electron chi connectivity index (χ3n) is 2.06. The maximum absolute atomic E-state index is 10.5. The molecule has 4 nitrogen and oxygen atoms in total. The van der Waals surface area contributed by atoms with Gasteiger partial charge in [-0.05, 0) is 6.07 Å². The summed E-state index contributed by atoms with van der Waals surface area (Å²) >= 11 is 0. The molecule has 4 heteroatoms. The molecule has 0 bridgehead atoms. The average molecular weight is 189 g/mol. The number of aromatic amines is 1. The van der Waals surface area contributed by atoms with Crippen LogP contribution in [0.15, 0.2) is 12.3 Å². The van der Waals surface area contributed by atoms with Crippen LogP contribution in [0.3, 0.4) is 0 Å². The molecule has 0 amide bonds. The molecule has 2 heterocycles. The molecule has 0 aliphatic rings. The first-order valence-corrected chi connectivity index (χ1v) is 4.51. The van der Waals surface area contributed by atoms with Gasteiger partial charge >= 0.3 is 0 Å². The standard InChI is InChI=1S/C10H11N3O/c1-6(2)9-12-8-3-7(5-14)4-11-10(8)13-9/h3-6H,1-2H3,(H,11,12,13). The number of pyridine rings is 1. The highest BCUT2D eigenvalue weighted by Gasteiger charge is 2.07. The van der Waals surface area contributed by atoms with Crippen molar-refractivity contribution in [2.75, 3.05) is 0 Å². The molecule has 0 atom stereocenters. The number of aldehydes is 1. The number of hydrogen-bond acceptors (Lipinski definition) is 3. The first-order chi connectivity index (χ1) is 6.70. The Morgan fingerprint density at radius 2 is 2.29 bits per heavy atom. The van der Waals surface area contributed by atoms with Crippen molar-refractivity contribution in [2.24, 2.45) is 0 Å². The molecule has 0 radical (unpaired) electrons. The summed E-state index contributed by atoms with van der Waals surface area (Å²) < 4.78 is 0. The van der Waals surface area contributed by atoms with Crippen molar-refractivity contribution in [1.29, 1.82) is 0 Å². The smallest absolute Gasteiger partial charge is 0.177 e. The van der Waals surface area contributed by atoms with E-state index in [4.69, 9.17) is 0 Å². The van der Waals surface area contributed by atoms with Crippen LogP contribution in [-0.4, -0.2) is 21.2 Å². The van der Waals surface area contributed by atoms with E-state index in [1.165, 1.54) is 6.20 Å². The summed E-state index contributed by atoms with van der Waals surface area (Å²) in [6.07, 6.45) is 2.31. The van der Waals surface area contributed by atoms with E-state index in [0.717, 1.165) is 17.6 Å². The highest BCUT2D eigenvalue weighted by molar-refractivity contribution is 5.81. The lowest BCUT2D eigenvalue weighted by atomic mass is 10.2. The summed E-state index contributed by atoms with van der Waals surface area (Å²) in [5, 5.41) is 0. The minimum Gasteiger partial charge on any atom is -0.340 e. The van der Waals surface area contributed by atoms with Gasteiger partial charge in [-0.3, -0.25) is 4.79 Å². The maximum atomic E-state index is 10.5. The fourth-order valence-electron chi connectivity index (χ4n) is 1.27. The highest BCUT2D eigenvalue weighted by Crippen LogP contribution is 2.15. The Kier molecular flexibility index (Phi) is 2.04. The third-order valence-corrected chi connectivity index (χ3v) is 2.06. The zero-order valence-corrected chi connectivity index (χ0v) is 8.11. The molecule has 0 fully saturated rings. The number of nitrogens with one attached hydrogen (secondary N) is 1. The number of rotatable bonds is 2. The second-order valence-corrected chi connectivity index (χ2v) is 3.53. The topological polar surface area (TPSA) is 58.6 Å². The Labute approximate surface area is 81.4 Å². The SMILES string of the molecule is CC(C)c1nc2ncc(C=O)cc2[nH]1. The van der Waals surface area contributed by atoms with E-state index in [9.17, 15) is 4.79 Å². The van der Waals surface area contributed by atoms with Crippen LogP contribution < -0.4 is 0 Å². The van der Waals surface area contributed by atoms with Crippen molar-refractivity contribution < 1.29 is 4.79 Å². The fraction of sp³-hybridized carbons (Fsp3) is 0.300. The van der Waals surface area contributed by atoms with Crippen molar-refractivity contribution in [2.45, 2.75) is 19.8 Å². The van der Waals surface area contributed by atoms with Gasteiger partial charge in [-0.15, -0.1) is 0 Å². The lowest BCUT2D eigenvalue weighted by Crippen LogP contribution is -1.88. The minimum absolute atomic E-state index is 0.337. The van der Waals surface area contributed by atoms with Gasteiger partial charge in [0.2, 0.25) is 0 Å². The quantitative estimate of drug-likeness (QED) is 0.734. The van der Waals surface area contributed by atoms with Crippen LogP contribution in [0, 0.1) is 0 Å². The van der Waals surface area contributed by atoms with Gasteiger partial charge in [-0.25, -0.2) is 9.97 Å². The van der Waals surface area contributed by atoms with E-state index in [1.807, 2.05) is 0 Å². The van der Waals surface area contributed by atoms with E-state index in [0.29, 0.717) is 17.1 Å². The third kappa shape index (κ3) is 1.39. The van der Waals surface area contributed by atoms with Crippen LogP contribution in [0.5, 0.6) is 0 Å². The molecular weight excluding hydrogens is 178 g/mol. The van der Waals surface area contributed by atoms with Gasteiger partial charge < -0.3 is 4.98 Å². The van der Waals surface area contributed by atoms with Crippen molar-refractivity contribution in [3.05, 3.63) is 23.7 Å². The van der Waals surface area contributed by atoms with E-state index < -0.39 is 0 Å². The van der Waals surface area contributed by atoms with Gasteiger partial charge in [0.15, 0.2) is 11.9 Å². The summed E-state index contributed by atoms with van der Waals surface area (Å²) in [5.74, 6) is 1.24. The van der Waals surface area contributed by atoms with Gasteiger partial charge in [-0.1, -0.05) is 13.8 Å². The maximum Gasteiger partial charge on any atom is 0.177 e. The Hall–Kier alpha value is -1.71. The molecule has 0 saturated carbocycles. The molecule has 0 saturated heterocycles. The average Bonchev–Trinajstić information content (AvgIpc) is 2.59. The Morgan fingerprint density at radius 3 is 2.93 bits per heavy atom. The van der Waals surface area contributed by atoms with Gasteiger partial charge in [-0.2, -0.15) is 0 Å². The number of H-pyrrole nitrogens is 1. The highest BCUT2D eigenvalue weighted by atomic mass is 16.1. The lowest BCUT2D eigenvalue weighted by molar-refractivity contribution is 0.112. The van der Waals surface area contributed by atoms with Gasteiger partial charge in [0.05, 0.1) is 5.52 Å².